The van der Waals surface area contributed by atoms with Gasteiger partial charge in [-0.15, -0.1) is 0 Å². The fourth-order valence-electron chi connectivity index (χ4n) is 3.25. The first kappa shape index (κ1) is 12.7. The molecule has 0 aromatic carbocycles. The van der Waals surface area contributed by atoms with E-state index in [1.165, 1.54) is 0 Å². The number of carboxylic acid groups (broad SMARTS) is 1. The minimum atomic E-state index is -0.898. The van der Waals surface area contributed by atoms with Gasteiger partial charge in [-0.1, -0.05) is 18.0 Å². The Morgan fingerprint density at radius 2 is 1.79 bits per heavy atom. The lowest BCUT2D eigenvalue weighted by molar-refractivity contribution is 0.0682. The quantitative estimate of drug-likeness (QED) is 0.909. The number of hydrogen-bond acceptors (Lipinski definition) is 4. The van der Waals surface area contributed by atoms with E-state index in [1.54, 1.807) is 0 Å². The summed E-state index contributed by atoms with van der Waals surface area (Å²) >= 11 is 0. The molecule has 0 atom stereocenters. The number of carbonyl (C=O) groups is 1. The first-order chi connectivity index (χ1) is 9.27. The topological polar surface area (TPSA) is 72.6 Å². The number of aromatic nitrogens is 1. The van der Waals surface area contributed by atoms with Gasteiger partial charge in [0.2, 0.25) is 0 Å². The number of aromatic carboxylic acids is 1. The van der Waals surface area contributed by atoms with Crippen molar-refractivity contribution in [2.45, 2.75) is 50.4 Å². The van der Waals surface area contributed by atoms with Gasteiger partial charge in [-0.3, -0.25) is 0 Å². The largest absolute Gasteiger partial charge is 0.477 e. The van der Waals surface area contributed by atoms with Crippen LogP contribution in [-0.4, -0.2) is 29.4 Å². The number of nitrogens with zero attached hydrogens (tertiary/aromatic N) is 1. The molecule has 1 aromatic heterocycles. The van der Waals surface area contributed by atoms with Crippen molar-refractivity contribution in [3.63, 3.8) is 0 Å². The minimum Gasteiger partial charge on any atom is -0.477 e. The van der Waals surface area contributed by atoms with Gasteiger partial charge in [0.25, 0.3) is 0 Å². The smallest absolute Gasteiger partial charge is 0.341 e. The summed E-state index contributed by atoms with van der Waals surface area (Å²) in [4.78, 5) is 11.6. The normalized spacial score (nSPS) is 21.9. The summed E-state index contributed by atoms with van der Waals surface area (Å²) in [5.74, 6) is 0.113. The van der Waals surface area contributed by atoms with Crippen LogP contribution in [0, 0.1) is 0 Å². The SMILES string of the molecule is O=C(O)c1c(C2CCOCC2)noc1C1CCCC1. The third kappa shape index (κ3) is 2.39. The van der Waals surface area contributed by atoms with Crippen LogP contribution in [0.5, 0.6) is 0 Å². The van der Waals surface area contributed by atoms with E-state index in [1.807, 2.05) is 0 Å². The maximum atomic E-state index is 11.6. The molecule has 2 heterocycles. The van der Waals surface area contributed by atoms with Crippen LogP contribution in [0.1, 0.15) is 72.2 Å². The van der Waals surface area contributed by atoms with Crippen molar-refractivity contribution in [2.75, 3.05) is 13.2 Å². The molecule has 0 spiro atoms. The molecule has 1 saturated carbocycles. The van der Waals surface area contributed by atoms with Crippen LogP contribution < -0.4 is 0 Å². The summed E-state index contributed by atoms with van der Waals surface area (Å²) in [6.45, 7) is 1.35. The van der Waals surface area contributed by atoms with Crippen molar-refractivity contribution < 1.29 is 19.2 Å². The van der Waals surface area contributed by atoms with Gasteiger partial charge in [-0.05, 0) is 25.7 Å². The molecular weight excluding hydrogens is 246 g/mol. The van der Waals surface area contributed by atoms with Crippen LogP contribution in [0.2, 0.25) is 0 Å². The Hall–Kier alpha value is -1.36. The Morgan fingerprint density at radius 1 is 1.11 bits per heavy atom. The molecule has 1 saturated heterocycles. The summed E-state index contributed by atoms with van der Waals surface area (Å²) in [7, 11) is 0. The number of ether oxygens (including phenoxy) is 1. The first-order valence-electron chi connectivity index (χ1n) is 7.08. The Labute approximate surface area is 111 Å². The molecule has 0 amide bonds. The predicted octanol–water partition coefficient (Wildman–Crippen LogP) is 2.92. The summed E-state index contributed by atoms with van der Waals surface area (Å²) in [6, 6.07) is 0. The zero-order valence-electron chi connectivity index (χ0n) is 10.9. The lowest BCUT2D eigenvalue weighted by Crippen LogP contribution is -2.17. The molecule has 0 bridgehead atoms. The van der Waals surface area contributed by atoms with Crippen molar-refractivity contribution >= 4 is 5.97 Å². The standard InChI is InChI=1S/C14H19NO4/c16-14(17)11-12(9-5-7-18-8-6-9)15-19-13(11)10-3-1-2-4-10/h9-10H,1-8H2,(H,16,17). The van der Waals surface area contributed by atoms with E-state index in [4.69, 9.17) is 9.26 Å². The van der Waals surface area contributed by atoms with E-state index in [0.717, 1.165) is 38.5 Å². The molecule has 5 heteroatoms. The lowest BCUT2D eigenvalue weighted by Gasteiger charge is -2.20. The van der Waals surface area contributed by atoms with Crippen molar-refractivity contribution in [1.29, 1.82) is 0 Å². The van der Waals surface area contributed by atoms with E-state index in [9.17, 15) is 9.90 Å². The second kappa shape index (κ2) is 5.33. The molecule has 19 heavy (non-hydrogen) atoms. The molecule has 2 fully saturated rings. The molecule has 1 aromatic rings. The van der Waals surface area contributed by atoms with Gasteiger partial charge < -0.3 is 14.4 Å². The minimum absolute atomic E-state index is 0.166. The molecule has 0 unspecified atom stereocenters. The van der Waals surface area contributed by atoms with Crippen LogP contribution in [0.4, 0.5) is 0 Å². The van der Waals surface area contributed by atoms with Crippen LogP contribution >= 0.6 is 0 Å². The van der Waals surface area contributed by atoms with Gasteiger partial charge in [-0.2, -0.15) is 0 Å². The van der Waals surface area contributed by atoms with Crippen LogP contribution in [0.15, 0.2) is 4.52 Å². The van der Waals surface area contributed by atoms with Crippen LogP contribution in [-0.2, 0) is 4.74 Å². The average molecular weight is 265 g/mol. The third-order valence-corrected chi connectivity index (χ3v) is 4.29. The van der Waals surface area contributed by atoms with Gasteiger partial charge in [0.05, 0.1) is 0 Å². The number of hydrogen-bond donors (Lipinski definition) is 1. The van der Waals surface area contributed by atoms with Crippen molar-refractivity contribution in [3.8, 4) is 0 Å². The summed E-state index contributed by atoms with van der Waals surface area (Å²) in [6.07, 6.45) is 5.99. The Kier molecular flexibility index (Phi) is 3.55. The Bertz CT molecular complexity index is 456. The highest BCUT2D eigenvalue weighted by Gasteiger charge is 2.33. The van der Waals surface area contributed by atoms with E-state index in [2.05, 4.69) is 5.16 Å². The van der Waals surface area contributed by atoms with Crippen molar-refractivity contribution in [3.05, 3.63) is 17.0 Å². The number of carboxylic acids is 1. The third-order valence-electron chi connectivity index (χ3n) is 4.29. The summed E-state index contributed by atoms with van der Waals surface area (Å²) in [5, 5.41) is 13.6. The molecule has 3 rings (SSSR count). The Balaban J connectivity index is 1.93. The van der Waals surface area contributed by atoms with E-state index >= 15 is 0 Å². The molecule has 1 N–H and O–H groups in total. The fraction of sp³-hybridized carbons (Fsp3) is 0.714. The lowest BCUT2D eigenvalue weighted by atomic mass is 9.90. The van der Waals surface area contributed by atoms with E-state index in [-0.39, 0.29) is 11.8 Å². The monoisotopic (exact) mass is 265 g/mol. The second-order valence-electron chi connectivity index (χ2n) is 5.48. The molecular formula is C14H19NO4. The second-order valence-corrected chi connectivity index (χ2v) is 5.48. The average Bonchev–Trinajstić information content (AvgIpc) is 3.08. The molecule has 2 aliphatic rings. The maximum Gasteiger partial charge on any atom is 0.341 e. The number of rotatable bonds is 3. The molecule has 1 aliphatic heterocycles. The molecule has 0 radical (unpaired) electrons. The Morgan fingerprint density at radius 3 is 2.42 bits per heavy atom. The van der Waals surface area contributed by atoms with Crippen molar-refractivity contribution in [2.24, 2.45) is 0 Å². The van der Waals surface area contributed by atoms with Crippen molar-refractivity contribution in [1.82, 2.24) is 5.16 Å². The van der Waals surface area contributed by atoms with Gasteiger partial charge in [-0.25, -0.2) is 4.79 Å². The van der Waals surface area contributed by atoms with Gasteiger partial charge in [0.1, 0.15) is 11.3 Å². The fourth-order valence-corrected chi connectivity index (χ4v) is 3.25. The first-order valence-corrected chi connectivity index (χ1v) is 7.08. The van der Waals surface area contributed by atoms with Crippen LogP contribution in [0.3, 0.4) is 0 Å². The van der Waals surface area contributed by atoms with Crippen LogP contribution in [0.25, 0.3) is 0 Å². The van der Waals surface area contributed by atoms with E-state index in [0.29, 0.717) is 30.2 Å². The predicted molar refractivity (Wildman–Crippen MR) is 67.5 cm³/mol. The summed E-state index contributed by atoms with van der Waals surface area (Å²) in [5.41, 5.74) is 0.969. The zero-order chi connectivity index (χ0) is 13.2. The van der Waals surface area contributed by atoms with Gasteiger partial charge in [0.15, 0.2) is 5.76 Å². The zero-order valence-corrected chi connectivity index (χ0v) is 10.9. The maximum absolute atomic E-state index is 11.6. The highest BCUT2D eigenvalue weighted by Crippen LogP contribution is 2.39. The highest BCUT2D eigenvalue weighted by molar-refractivity contribution is 5.90. The van der Waals surface area contributed by atoms with E-state index < -0.39 is 5.97 Å². The summed E-state index contributed by atoms with van der Waals surface area (Å²) < 4.78 is 10.7. The highest BCUT2D eigenvalue weighted by atomic mass is 16.5. The molecule has 5 nitrogen and oxygen atoms in total. The molecule has 1 aliphatic carbocycles. The molecule has 104 valence electrons. The van der Waals surface area contributed by atoms with Gasteiger partial charge in [0, 0.05) is 25.0 Å². The van der Waals surface area contributed by atoms with Gasteiger partial charge >= 0.3 is 5.97 Å².